The van der Waals surface area contributed by atoms with Gasteiger partial charge in [0.25, 0.3) is 0 Å². The molecular weight excluding hydrogens is 455 g/mol. The third kappa shape index (κ3) is 6.86. The van der Waals surface area contributed by atoms with Crippen LogP contribution in [0, 0.1) is 0 Å². The maximum atomic E-state index is 13.4. The molecule has 2 aromatic rings. The normalized spacial score (nSPS) is 15.3. The predicted octanol–water partition coefficient (Wildman–Crippen LogP) is 5.79. The van der Waals surface area contributed by atoms with Gasteiger partial charge in [-0.05, 0) is 54.7 Å². The van der Waals surface area contributed by atoms with Crippen LogP contribution in [0.1, 0.15) is 49.3 Å². The number of benzene rings is 2. The molecule has 0 aromatic heterocycles. The summed E-state index contributed by atoms with van der Waals surface area (Å²) in [6, 6.07) is 13.9. The van der Waals surface area contributed by atoms with Gasteiger partial charge >= 0.3 is 0 Å². The van der Waals surface area contributed by atoms with E-state index in [4.69, 9.17) is 34.8 Å². The summed E-state index contributed by atoms with van der Waals surface area (Å²) >= 11 is 18.0. The molecule has 0 unspecified atom stereocenters. The van der Waals surface area contributed by atoms with Crippen molar-refractivity contribution >= 4 is 46.6 Å². The van der Waals surface area contributed by atoms with Gasteiger partial charge in [0.05, 0.1) is 0 Å². The molecule has 0 bridgehead atoms. The fourth-order valence-corrected chi connectivity index (χ4v) is 4.43. The van der Waals surface area contributed by atoms with Gasteiger partial charge in [-0.15, -0.1) is 11.6 Å². The van der Waals surface area contributed by atoms with Crippen molar-refractivity contribution in [2.45, 2.75) is 50.6 Å². The summed E-state index contributed by atoms with van der Waals surface area (Å²) in [4.78, 5) is 27.8. The van der Waals surface area contributed by atoms with Crippen LogP contribution in [0.4, 0.5) is 0 Å². The topological polar surface area (TPSA) is 49.4 Å². The van der Waals surface area contributed by atoms with Gasteiger partial charge in [-0.25, -0.2) is 0 Å². The minimum atomic E-state index is -0.766. The Morgan fingerprint density at radius 2 is 1.52 bits per heavy atom. The number of carbonyl (C=O) groups is 2. The molecule has 166 valence electrons. The Morgan fingerprint density at radius 3 is 2.10 bits per heavy atom. The standard InChI is InChI=1S/C24H27Cl3N2O2/c25-16-22(30)29(15-14-17-6-10-19(26)11-7-17)23(18-8-12-20(27)13-9-18)24(31)28-21-4-2-1-3-5-21/h6-13,21,23H,1-5,14-16H2,(H,28,31)/t23-/m0/s1. The second-order valence-electron chi connectivity index (χ2n) is 7.89. The second-order valence-corrected chi connectivity index (χ2v) is 9.03. The van der Waals surface area contributed by atoms with Gasteiger partial charge in [-0.1, -0.05) is 66.7 Å². The Bertz CT molecular complexity index is 865. The average molecular weight is 482 g/mol. The SMILES string of the molecule is O=C(NC1CCCCC1)[C@H](c1ccc(Cl)cc1)N(CCc1ccc(Cl)cc1)C(=O)CCl. The fourth-order valence-electron chi connectivity index (χ4n) is 4.02. The van der Waals surface area contributed by atoms with Gasteiger partial charge in [-0.3, -0.25) is 9.59 Å². The summed E-state index contributed by atoms with van der Waals surface area (Å²) in [5, 5.41) is 4.40. The quantitative estimate of drug-likeness (QED) is 0.485. The van der Waals surface area contributed by atoms with E-state index in [1.54, 1.807) is 29.2 Å². The van der Waals surface area contributed by atoms with Crippen LogP contribution in [-0.4, -0.2) is 35.2 Å². The number of carbonyl (C=O) groups excluding carboxylic acids is 2. The van der Waals surface area contributed by atoms with Gasteiger partial charge in [0, 0.05) is 22.6 Å². The van der Waals surface area contributed by atoms with Crippen molar-refractivity contribution in [3.05, 3.63) is 69.7 Å². The van der Waals surface area contributed by atoms with E-state index in [1.165, 1.54) is 6.42 Å². The lowest BCUT2D eigenvalue weighted by Crippen LogP contribution is -2.48. The van der Waals surface area contributed by atoms with Crippen LogP contribution in [0.2, 0.25) is 10.0 Å². The highest BCUT2D eigenvalue weighted by molar-refractivity contribution is 6.30. The maximum absolute atomic E-state index is 13.4. The molecule has 1 aliphatic rings. The number of nitrogens with one attached hydrogen (secondary N) is 1. The first-order valence-electron chi connectivity index (χ1n) is 10.6. The van der Waals surface area contributed by atoms with Crippen LogP contribution in [0.25, 0.3) is 0 Å². The van der Waals surface area contributed by atoms with Crippen LogP contribution in [0.3, 0.4) is 0 Å². The third-order valence-corrected chi connectivity index (χ3v) is 6.42. The average Bonchev–Trinajstić information content (AvgIpc) is 2.78. The number of alkyl halides is 1. The van der Waals surface area contributed by atoms with E-state index >= 15 is 0 Å². The van der Waals surface area contributed by atoms with Crippen LogP contribution >= 0.6 is 34.8 Å². The number of amides is 2. The predicted molar refractivity (Wildman–Crippen MR) is 127 cm³/mol. The molecule has 0 spiro atoms. The number of rotatable bonds is 8. The Balaban J connectivity index is 1.85. The van der Waals surface area contributed by atoms with Gasteiger partial charge in [0.2, 0.25) is 11.8 Å². The van der Waals surface area contributed by atoms with Crippen LogP contribution in [0.5, 0.6) is 0 Å². The molecule has 0 heterocycles. The monoisotopic (exact) mass is 480 g/mol. The summed E-state index contributed by atoms with van der Waals surface area (Å²) in [6.45, 7) is 0.360. The molecule has 1 saturated carbocycles. The molecule has 0 saturated heterocycles. The first kappa shape index (κ1) is 23.9. The van der Waals surface area contributed by atoms with Crippen molar-refractivity contribution in [2.24, 2.45) is 0 Å². The van der Waals surface area contributed by atoms with Crippen molar-refractivity contribution in [3.63, 3.8) is 0 Å². The summed E-state index contributed by atoms with van der Waals surface area (Å²) in [7, 11) is 0. The van der Waals surface area contributed by atoms with Crippen LogP contribution in [0.15, 0.2) is 48.5 Å². The molecule has 0 radical (unpaired) electrons. The number of hydrogen-bond acceptors (Lipinski definition) is 2. The summed E-state index contributed by atoms with van der Waals surface area (Å²) in [5.41, 5.74) is 1.74. The molecule has 1 fully saturated rings. The minimum absolute atomic E-state index is 0.139. The third-order valence-electron chi connectivity index (χ3n) is 5.69. The van der Waals surface area contributed by atoms with E-state index in [1.807, 2.05) is 24.3 Å². The van der Waals surface area contributed by atoms with Gasteiger partial charge in [-0.2, -0.15) is 0 Å². The minimum Gasteiger partial charge on any atom is -0.351 e. The highest BCUT2D eigenvalue weighted by atomic mass is 35.5. The first-order chi connectivity index (χ1) is 15.0. The Labute approximate surface area is 198 Å². The van der Waals surface area contributed by atoms with Crippen LogP contribution in [-0.2, 0) is 16.0 Å². The fraction of sp³-hybridized carbons (Fsp3) is 0.417. The van der Waals surface area contributed by atoms with Gasteiger partial charge in [0.1, 0.15) is 11.9 Å². The zero-order valence-corrected chi connectivity index (χ0v) is 19.6. The molecule has 7 heteroatoms. The zero-order chi connectivity index (χ0) is 22.2. The largest absolute Gasteiger partial charge is 0.351 e. The molecule has 2 aromatic carbocycles. The highest BCUT2D eigenvalue weighted by Gasteiger charge is 2.32. The smallest absolute Gasteiger partial charge is 0.247 e. The van der Waals surface area contributed by atoms with E-state index in [9.17, 15) is 9.59 Å². The zero-order valence-electron chi connectivity index (χ0n) is 17.3. The number of nitrogens with zero attached hydrogens (tertiary/aromatic N) is 1. The van der Waals surface area contributed by atoms with E-state index in [-0.39, 0.29) is 23.7 Å². The molecule has 31 heavy (non-hydrogen) atoms. The molecule has 2 amide bonds. The summed E-state index contributed by atoms with van der Waals surface area (Å²) in [5.74, 6) is -0.653. The highest BCUT2D eigenvalue weighted by Crippen LogP contribution is 2.26. The molecule has 4 nitrogen and oxygen atoms in total. The van der Waals surface area contributed by atoms with E-state index in [0.29, 0.717) is 28.6 Å². The lowest BCUT2D eigenvalue weighted by Gasteiger charge is -2.33. The summed E-state index contributed by atoms with van der Waals surface area (Å²) in [6.07, 6.45) is 5.93. The van der Waals surface area contributed by atoms with Gasteiger partial charge < -0.3 is 10.2 Å². The summed E-state index contributed by atoms with van der Waals surface area (Å²) < 4.78 is 0. The first-order valence-corrected chi connectivity index (χ1v) is 11.9. The van der Waals surface area contributed by atoms with E-state index in [0.717, 1.165) is 31.2 Å². The Morgan fingerprint density at radius 1 is 0.935 bits per heavy atom. The maximum Gasteiger partial charge on any atom is 0.247 e. The molecular formula is C24H27Cl3N2O2. The molecule has 1 N–H and O–H groups in total. The van der Waals surface area contributed by atoms with Crippen molar-refractivity contribution in [2.75, 3.05) is 12.4 Å². The lowest BCUT2D eigenvalue weighted by molar-refractivity contribution is -0.139. The molecule has 3 rings (SSSR count). The molecule has 1 atom stereocenters. The molecule has 0 aliphatic heterocycles. The van der Waals surface area contributed by atoms with Crippen LogP contribution < -0.4 is 5.32 Å². The Hall–Kier alpha value is -1.75. The lowest BCUT2D eigenvalue weighted by atomic mass is 9.94. The molecule has 1 aliphatic carbocycles. The van der Waals surface area contributed by atoms with Crippen molar-refractivity contribution in [3.8, 4) is 0 Å². The number of halogens is 3. The van der Waals surface area contributed by atoms with E-state index < -0.39 is 6.04 Å². The van der Waals surface area contributed by atoms with Crippen molar-refractivity contribution < 1.29 is 9.59 Å². The van der Waals surface area contributed by atoms with E-state index in [2.05, 4.69) is 5.32 Å². The Kier molecular flexibility index (Phi) is 9.06. The number of hydrogen-bond donors (Lipinski definition) is 1. The second kappa shape index (κ2) is 11.8. The van der Waals surface area contributed by atoms with Gasteiger partial charge in [0.15, 0.2) is 0 Å². The van der Waals surface area contributed by atoms with Crippen molar-refractivity contribution in [1.82, 2.24) is 10.2 Å². The van der Waals surface area contributed by atoms with Crippen molar-refractivity contribution in [1.29, 1.82) is 0 Å².